The van der Waals surface area contributed by atoms with Crippen molar-refractivity contribution in [3.05, 3.63) is 47.5 Å². The summed E-state index contributed by atoms with van der Waals surface area (Å²) in [5.74, 6) is 1.94. The van der Waals surface area contributed by atoms with Gasteiger partial charge in [-0.1, -0.05) is 17.7 Å². The number of ether oxygens (including phenoxy) is 2. The Bertz CT molecular complexity index is 529. The summed E-state index contributed by atoms with van der Waals surface area (Å²) in [6.07, 6.45) is 0. The van der Waals surface area contributed by atoms with Crippen LogP contribution in [0, 0.1) is 0 Å². The number of hydrogen-bond donors (Lipinski definition) is 1. The number of methoxy groups -OCH3 is 1. The van der Waals surface area contributed by atoms with Crippen molar-refractivity contribution in [2.45, 2.75) is 0 Å². The number of anilines is 1. The number of nitrogen functional groups attached to an aromatic ring is 1. The molecule has 0 aliphatic carbocycles. The van der Waals surface area contributed by atoms with Gasteiger partial charge in [-0.3, -0.25) is 0 Å². The second kappa shape index (κ2) is 4.97. The van der Waals surface area contributed by atoms with E-state index in [9.17, 15) is 0 Å². The minimum absolute atomic E-state index is 0.534. The molecule has 0 fully saturated rings. The minimum atomic E-state index is 0.534. The number of hydrogen-bond acceptors (Lipinski definition) is 3. The first-order chi connectivity index (χ1) is 8.19. The third kappa shape index (κ3) is 2.82. The lowest BCUT2D eigenvalue weighted by Crippen LogP contribution is -1.93. The van der Waals surface area contributed by atoms with E-state index in [0.29, 0.717) is 28.0 Å². The summed E-state index contributed by atoms with van der Waals surface area (Å²) in [4.78, 5) is 0. The Morgan fingerprint density at radius 2 is 1.82 bits per heavy atom. The van der Waals surface area contributed by atoms with E-state index in [2.05, 4.69) is 0 Å². The molecule has 0 saturated carbocycles. The predicted octanol–water partition coefficient (Wildman–Crippen LogP) is 3.72. The van der Waals surface area contributed by atoms with Crippen LogP contribution in [-0.2, 0) is 0 Å². The quantitative estimate of drug-likeness (QED) is 0.843. The molecule has 88 valence electrons. The van der Waals surface area contributed by atoms with Crippen LogP contribution in [0.3, 0.4) is 0 Å². The fraction of sp³-hybridized carbons (Fsp3) is 0.0769. The van der Waals surface area contributed by atoms with Crippen molar-refractivity contribution in [2.75, 3.05) is 12.8 Å². The summed E-state index contributed by atoms with van der Waals surface area (Å²) in [5.41, 5.74) is 6.32. The van der Waals surface area contributed by atoms with E-state index in [4.69, 9.17) is 26.8 Å². The minimum Gasteiger partial charge on any atom is -0.495 e. The van der Waals surface area contributed by atoms with Gasteiger partial charge in [-0.15, -0.1) is 0 Å². The number of benzene rings is 2. The van der Waals surface area contributed by atoms with Crippen molar-refractivity contribution in [3.63, 3.8) is 0 Å². The smallest absolute Gasteiger partial charge is 0.142 e. The van der Waals surface area contributed by atoms with Gasteiger partial charge in [-0.05, 0) is 30.3 Å². The van der Waals surface area contributed by atoms with Crippen LogP contribution >= 0.6 is 11.6 Å². The Kier molecular flexibility index (Phi) is 3.40. The molecule has 0 aliphatic heterocycles. The molecule has 17 heavy (non-hydrogen) atoms. The van der Waals surface area contributed by atoms with E-state index in [-0.39, 0.29) is 0 Å². The van der Waals surface area contributed by atoms with Gasteiger partial charge >= 0.3 is 0 Å². The van der Waals surface area contributed by atoms with Crippen LogP contribution in [0.15, 0.2) is 42.5 Å². The molecule has 0 amide bonds. The number of halogens is 1. The Balaban J connectivity index is 2.22. The normalized spacial score (nSPS) is 10.0. The van der Waals surface area contributed by atoms with E-state index >= 15 is 0 Å². The zero-order valence-electron chi connectivity index (χ0n) is 9.31. The van der Waals surface area contributed by atoms with Crippen molar-refractivity contribution in [2.24, 2.45) is 0 Å². The van der Waals surface area contributed by atoms with Crippen molar-refractivity contribution < 1.29 is 9.47 Å². The SMILES string of the molecule is COc1ccc(Oc2cccc(Cl)c2)cc1N. The second-order valence-electron chi connectivity index (χ2n) is 3.46. The van der Waals surface area contributed by atoms with E-state index in [0.717, 1.165) is 0 Å². The van der Waals surface area contributed by atoms with Gasteiger partial charge < -0.3 is 15.2 Å². The standard InChI is InChI=1S/C13H12ClNO2/c1-16-13-6-5-11(8-12(13)15)17-10-4-2-3-9(14)7-10/h2-8H,15H2,1H3. The molecular weight excluding hydrogens is 238 g/mol. The maximum absolute atomic E-state index is 5.87. The highest BCUT2D eigenvalue weighted by Crippen LogP contribution is 2.30. The molecule has 0 spiro atoms. The van der Waals surface area contributed by atoms with Gasteiger partial charge in [0, 0.05) is 11.1 Å². The zero-order chi connectivity index (χ0) is 12.3. The van der Waals surface area contributed by atoms with Gasteiger partial charge in [0.1, 0.15) is 17.2 Å². The van der Waals surface area contributed by atoms with Gasteiger partial charge in [-0.25, -0.2) is 0 Å². The molecule has 0 aliphatic rings. The molecule has 0 bridgehead atoms. The average molecular weight is 250 g/mol. The van der Waals surface area contributed by atoms with Gasteiger partial charge in [-0.2, -0.15) is 0 Å². The van der Waals surface area contributed by atoms with Crippen molar-refractivity contribution in [1.82, 2.24) is 0 Å². The first-order valence-electron chi connectivity index (χ1n) is 5.06. The first kappa shape index (κ1) is 11.6. The third-order valence-electron chi connectivity index (χ3n) is 2.23. The lowest BCUT2D eigenvalue weighted by molar-refractivity contribution is 0.415. The summed E-state index contributed by atoms with van der Waals surface area (Å²) < 4.78 is 10.7. The van der Waals surface area contributed by atoms with E-state index in [1.165, 1.54) is 0 Å². The van der Waals surface area contributed by atoms with Crippen molar-refractivity contribution in [1.29, 1.82) is 0 Å². The molecule has 2 N–H and O–H groups in total. The predicted molar refractivity (Wildman–Crippen MR) is 68.9 cm³/mol. The summed E-state index contributed by atoms with van der Waals surface area (Å²) in [7, 11) is 1.57. The maximum Gasteiger partial charge on any atom is 0.142 e. The monoisotopic (exact) mass is 249 g/mol. The largest absolute Gasteiger partial charge is 0.495 e. The lowest BCUT2D eigenvalue weighted by atomic mass is 10.3. The molecule has 3 nitrogen and oxygen atoms in total. The van der Waals surface area contributed by atoms with Gasteiger partial charge in [0.15, 0.2) is 0 Å². The molecule has 2 rings (SSSR count). The summed E-state index contributed by atoms with van der Waals surface area (Å²) in [5, 5.41) is 0.629. The summed E-state index contributed by atoms with van der Waals surface area (Å²) in [6, 6.07) is 12.4. The Hall–Kier alpha value is -1.87. The molecule has 0 atom stereocenters. The molecular formula is C13H12ClNO2. The summed E-state index contributed by atoms with van der Waals surface area (Å²) >= 11 is 5.87. The Morgan fingerprint density at radius 3 is 2.47 bits per heavy atom. The summed E-state index contributed by atoms with van der Waals surface area (Å²) in [6.45, 7) is 0. The van der Waals surface area contributed by atoms with Crippen LogP contribution in [-0.4, -0.2) is 7.11 Å². The fourth-order valence-electron chi connectivity index (χ4n) is 1.44. The molecule has 0 aromatic heterocycles. The highest BCUT2D eigenvalue weighted by Gasteiger charge is 2.03. The van der Waals surface area contributed by atoms with Crippen molar-refractivity contribution in [3.8, 4) is 17.2 Å². The van der Waals surface area contributed by atoms with Crippen LogP contribution in [0.25, 0.3) is 0 Å². The van der Waals surface area contributed by atoms with Crippen LogP contribution < -0.4 is 15.2 Å². The Morgan fingerprint density at radius 1 is 1.06 bits per heavy atom. The average Bonchev–Trinajstić information content (AvgIpc) is 2.29. The van der Waals surface area contributed by atoms with E-state index in [1.54, 1.807) is 37.4 Å². The topological polar surface area (TPSA) is 44.5 Å². The highest BCUT2D eigenvalue weighted by atomic mass is 35.5. The van der Waals surface area contributed by atoms with E-state index < -0.39 is 0 Å². The second-order valence-corrected chi connectivity index (χ2v) is 3.90. The van der Waals surface area contributed by atoms with E-state index in [1.807, 2.05) is 12.1 Å². The van der Waals surface area contributed by atoms with Crippen molar-refractivity contribution >= 4 is 17.3 Å². The zero-order valence-corrected chi connectivity index (χ0v) is 10.1. The van der Waals surface area contributed by atoms with Gasteiger partial charge in [0.25, 0.3) is 0 Å². The van der Waals surface area contributed by atoms with Crippen LogP contribution in [0.4, 0.5) is 5.69 Å². The maximum atomic E-state index is 5.87. The molecule has 4 heteroatoms. The molecule has 2 aromatic rings. The first-order valence-corrected chi connectivity index (χ1v) is 5.44. The molecule has 0 heterocycles. The van der Waals surface area contributed by atoms with Crippen LogP contribution in [0.1, 0.15) is 0 Å². The highest BCUT2D eigenvalue weighted by molar-refractivity contribution is 6.30. The molecule has 0 radical (unpaired) electrons. The van der Waals surface area contributed by atoms with Crippen LogP contribution in [0.5, 0.6) is 17.2 Å². The Labute approximate surface area is 105 Å². The fourth-order valence-corrected chi connectivity index (χ4v) is 1.62. The van der Waals surface area contributed by atoms with Crippen LogP contribution in [0.2, 0.25) is 5.02 Å². The number of nitrogens with two attached hydrogens (primary N) is 1. The molecule has 0 saturated heterocycles. The third-order valence-corrected chi connectivity index (χ3v) is 2.47. The molecule has 0 unspecified atom stereocenters. The molecule has 2 aromatic carbocycles. The lowest BCUT2D eigenvalue weighted by Gasteiger charge is -2.09. The van der Waals surface area contributed by atoms with Gasteiger partial charge in [0.2, 0.25) is 0 Å². The number of rotatable bonds is 3. The van der Waals surface area contributed by atoms with Gasteiger partial charge in [0.05, 0.1) is 12.8 Å².